The van der Waals surface area contributed by atoms with Crippen molar-refractivity contribution in [2.75, 3.05) is 6.54 Å². The number of nitrogens with two attached hydrogens (primary N) is 1. The summed E-state index contributed by atoms with van der Waals surface area (Å²) >= 11 is 0. The summed E-state index contributed by atoms with van der Waals surface area (Å²) in [4.78, 5) is 2.40. The highest BCUT2D eigenvalue weighted by atomic mass is 15.2. The number of aromatic nitrogens is 2. The van der Waals surface area contributed by atoms with Gasteiger partial charge in [-0.2, -0.15) is 5.10 Å². The Morgan fingerprint density at radius 3 is 2.50 bits per heavy atom. The van der Waals surface area contributed by atoms with Crippen LogP contribution in [-0.4, -0.2) is 27.3 Å². The molecule has 0 spiro atoms. The molecule has 2 N–H and O–H groups in total. The summed E-state index contributed by atoms with van der Waals surface area (Å²) in [6, 6.07) is 11.0. The number of aryl methyl sites for hydroxylation is 1. The fourth-order valence-corrected chi connectivity index (χ4v) is 2.27. The molecule has 4 heteroatoms. The van der Waals surface area contributed by atoms with Gasteiger partial charge >= 0.3 is 0 Å². The van der Waals surface area contributed by atoms with Gasteiger partial charge in [-0.15, -0.1) is 0 Å². The Morgan fingerprint density at radius 2 is 1.95 bits per heavy atom. The van der Waals surface area contributed by atoms with Crippen molar-refractivity contribution < 1.29 is 0 Å². The van der Waals surface area contributed by atoms with Crippen molar-refractivity contribution in [1.29, 1.82) is 0 Å². The Morgan fingerprint density at radius 1 is 1.25 bits per heavy atom. The largest absolute Gasteiger partial charge is 0.323 e. The van der Waals surface area contributed by atoms with E-state index >= 15 is 0 Å². The van der Waals surface area contributed by atoms with E-state index in [-0.39, 0.29) is 6.04 Å². The van der Waals surface area contributed by atoms with Gasteiger partial charge in [-0.25, -0.2) is 0 Å². The number of nitrogens with zero attached hydrogens (tertiary/aromatic N) is 3. The highest BCUT2D eigenvalue weighted by Gasteiger charge is 2.16. The molecule has 1 atom stereocenters. The van der Waals surface area contributed by atoms with E-state index in [1.54, 1.807) is 4.68 Å². The first-order chi connectivity index (χ1) is 9.56. The first kappa shape index (κ1) is 14.8. The standard InChI is InChI=1S/C16H24N4/c1-13(2)20(10-14-7-5-4-6-8-14)12-16(17)15-9-18-19(3)11-15/h4-9,11,13,16H,10,12,17H2,1-3H3. The second kappa shape index (κ2) is 6.68. The van der Waals surface area contributed by atoms with Gasteiger partial charge in [-0.1, -0.05) is 30.3 Å². The summed E-state index contributed by atoms with van der Waals surface area (Å²) in [5.74, 6) is 0. The fourth-order valence-electron chi connectivity index (χ4n) is 2.27. The lowest BCUT2D eigenvalue weighted by Crippen LogP contribution is -2.36. The van der Waals surface area contributed by atoms with Crippen LogP contribution in [-0.2, 0) is 13.6 Å². The maximum absolute atomic E-state index is 6.31. The highest BCUT2D eigenvalue weighted by Crippen LogP contribution is 2.15. The summed E-state index contributed by atoms with van der Waals surface area (Å²) in [5, 5.41) is 4.19. The minimum Gasteiger partial charge on any atom is -0.323 e. The molecule has 2 rings (SSSR count). The Labute approximate surface area is 121 Å². The average Bonchev–Trinajstić information content (AvgIpc) is 2.86. The molecular weight excluding hydrogens is 248 g/mol. The maximum Gasteiger partial charge on any atom is 0.0537 e. The highest BCUT2D eigenvalue weighted by molar-refractivity contribution is 5.15. The molecule has 20 heavy (non-hydrogen) atoms. The molecule has 1 unspecified atom stereocenters. The number of hydrogen-bond acceptors (Lipinski definition) is 3. The summed E-state index contributed by atoms with van der Waals surface area (Å²) in [7, 11) is 1.92. The molecule has 4 nitrogen and oxygen atoms in total. The van der Waals surface area contributed by atoms with Gasteiger partial charge in [0.25, 0.3) is 0 Å². The van der Waals surface area contributed by atoms with E-state index in [4.69, 9.17) is 5.73 Å². The molecule has 1 aromatic heterocycles. The Balaban J connectivity index is 2.02. The molecule has 2 aromatic rings. The summed E-state index contributed by atoms with van der Waals surface area (Å²) < 4.78 is 1.80. The molecule has 1 aromatic carbocycles. The first-order valence-electron chi connectivity index (χ1n) is 7.08. The van der Waals surface area contributed by atoms with E-state index in [0.29, 0.717) is 6.04 Å². The molecule has 0 fully saturated rings. The third-order valence-corrected chi connectivity index (χ3v) is 3.54. The predicted octanol–water partition coefficient (Wildman–Crippen LogP) is 2.33. The summed E-state index contributed by atoms with van der Waals surface area (Å²) in [5.41, 5.74) is 8.71. The number of rotatable bonds is 6. The molecule has 0 aliphatic heterocycles. The van der Waals surface area contributed by atoms with Gasteiger partial charge in [0.2, 0.25) is 0 Å². The molecule has 108 valence electrons. The van der Waals surface area contributed by atoms with Crippen LogP contribution in [0.5, 0.6) is 0 Å². The van der Waals surface area contributed by atoms with Crippen LogP contribution in [0.2, 0.25) is 0 Å². The quantitative estimate of drug-likeness (QED) is 0.878. The first-order valence-corrected chi connectivity index (χ1v) is 7.08. The van der Waals surface area contributed by atoms with E-state index < -0.39 is 0 Å². The van der Waals surface area contributed by atoms with Crippen molar-refractivity contribution >= 4 is 0 Å². The second-order valence-electron chi connectivity index (χ2n) is 5.56. The molecule has 0 radical (unpaired) electrons. The smallest absolute Gasteiger partial charge is 0.0537 e. The van der Waals surface area contributed by atoms with Crippen LogP contribution in [0.3, 0.4) is 0 Å². The molecule has 0 saturated heterocycles. The monoisotopic (exact) mass is 272 g/mol. The van der Waals surface area contributed by atoms with Crippen molar-refractivity contribution in [3.05, 3.63) is 53.9 Å². The van der Waals surface area contributed by atoms with E-state index in [9.17, 15) is 0 Å². The van der Waals surface area contributed by atoms with Crippen molar-refractivity contribution in [2.45, 2.75) is 32.5 Å². The van der Waals surface area contributed by atoms with Crippen LogP contribution in [0.1, 0.15) is 31.0 Å². The van der Waals surface area contributed by atoms with Crippen LogP contribution in [0.25, 0.3) is 0 Å². The van der Waals surface area contributed by atoms with Crippen LogP contribution < -0.4 is 5.73 Å². The van der Waals surface area contributed by atoms with Crippen LogP contribution in [0, 0.1) is 0 Å². The fraction of sp³-hybridized carbons (Fsp3) is 0.438. The van der Waals surface area contributed by atoms with Gasteiger partial charge in [0.05, 0.1) is 6.20 Å². The second-order valence-corrected chi connectivity index (χ2v) is 5.56. The van der Waals surface area contributed by atoms with E-state index in [1.165, 1.54) is 5.56 Å². The lowest BCUT2D eigenvalue weighted by molar-refractivity contribution is 0.200. The molecule has 0 saturated carbocycles. The zero-order valence-corrected chi connectivity index (χ0v) is 12.5. The Bertz CT molecular complexity index is 518. The number of hydrogen-bond donors (Lipinski definition) is 1. The van der Waals surface area contributed by atoms with Gasteiger partial charge in [0.15, 0.2) is 0 Å². The topological polar surface area (TPSA) is 47.1 Å². The minimum absolute atomic E-state index is 0.00480. The Kier molecular flexibility index (Phi) is 4.93. The van der Waals surface area contributed by atoms with Crippen LogP contribution in [0.15, 0.2) is 42.7 Å². The van der Waals surface area contributed by atoms with Crippen molar-refractivity contribution in [1.82, 2.24) is 14.7 Å². The van der Waals surface area contributed by atoms with E-state index in [2.05, 4.69) is 48.1 Å². The number of benzene rings is 1. The molecule has 0 amide bonds. The Hall–Kier alpha value is -1.65. The molecule has 0 bridgehead atoms. The molecule has 0 aliphatic carbocycles. The van der Waals surface area contributed by atoms with Gasteiger partial charge in [0.1, 0.15) is 0 Å². The average molecular weight is 272 g/mol. The van der Waals surface area contributed by atoms with Crippen molar-refractivity contribution in [2.24, 2.45) is 12.8 Å². The normalized spacial score (nSPS) is 13.1. The van der Waals surface area contributed by atoms with Gasteiger partial charge < -0.3 is 5.73 Å². The lowest BCUT2D eigenvalue weighted by atomic mass is 10.1. The van der Waals surface area contributed by atoms with E-state index in [0.717, 1.165) is 18.7 Å². The predicted molar refractivity (Wildman–Crippen MR) is 82.1 cm³/mol. The summed E-state index contributed by atoms with van der Waals surface area (Å²) in [6.45, 7) is 6.17. The van der Waals surface area contributed by atoms with E-state index in [1.807, 2.05) is 25.5 Å². The zero-order chi connectivity index (χ0) is 14.5. The summed E-state index contributed by atoms with van der Waals surface area (Å²) in [6.07, 6.45) is 3.84. The molecule has 0 aliphatic rings. The lowest BCUT2D eigenvalue weighted by Gasteiger charge is -2.29. The van der Waals surface area contributed by atoms with Crippen LogP contribution in [0.4, 0.5) is 0 Å². The van der Waals surface area contributed by atoms with Gasteiger partial charge in [-0.3, -0.25) is 9.58 Å². The third kappa shape index (κ3) is 3.92. The van der Waals surface area contributed by atoms with Gasteiger partial charge in [-0.05, 0) is 19.4 Å². The third-order valence-electron chi connectivity index (χ3n) is 3.54. The maximum atomic E-state index is 6.31. The molecular formula is C16H24N4. The van der Waals surface area contributed by atoms with Crippen LogP contribution >= 0.6 is 0 Å². The van der Waals surface area contributed by atoms with Crippen molar-refractivity contribution in [3.63, 3.8) is 0 Å². The molecule has 1 heterocycles. The van der Waals surface area contributed by atoms with Gasteiger partial charge in [0, 0.05) is 44.0 Å². The minimum atomic E-state index is -0.00480. The van der Waals surface area contributed by atoms with Crippen molar-refractivity contribution in [3.8, 4) is 0 Å². The SMILES string of the molecule is CC(C)N(Cc1ccccc1)CC(N)c1cnn(C)c1. The zero-order valence-electron chi connectivity index (χ0n) is 12.5.